The van der Waals surface area contributed by atoms with E-state index in [0.717, 1.165) is 32.3 Å². The van der Waals surface area contributed by atoms with Gasteiger partial charge in [-0.3, -0.25) is 4.99 Å². The van der Waals surface area contributed by atoms with Crippen molar-refractivity contribution >= 4 is 29.9 Å². The third-order valence-electron chi connectivity index (χ3n) is 4.57. The fourth-order valence-corrected chi connectivity index (χ4v) is 3.15. The Kier molecular flexibility index (Phi) is 13.4. The van der Waals surface area contributed by atoms with Crippen LogP contribution in [0.3, 0.4) is 0 Å². The number of guanidine groups is 1. The van der Waals surface area contributed by atoms with Crippen LogP contribution in [0.1, 0.15) is 65.2 Å². The molecule has 0 aromatic rings. The topological polar surface area (TPSA) is 45.7 Å². The minimum absolute atomic E-state index is 0. The van der Waals surface area contributed by atoms with Crippen LogP contribution in [0.2, 0.25) is 0 Å². The molecule has 0 aromatic carbocycles. The molecule has 0 aliphatic heterocycles. The summed E-state index contributed by atoms with van der Waals surface area (Å²) in [6.07, 6.45) is 10.3. The van der Waals surface area contributed by atoms with Crippen LogP contribution in [0.25, 0.3) is 0 Å². The maximum atomic E-state index is 5.57. The van der Waals surface area contributed by atoms with Gasteiger partial charge in [0.2, 0.25) is 0 Å². The summed E-state index contributed by atoms with van der Waals surface area (Å²) >= 11 is 0. The molecule has 0 amide bonds. The van der Waals surface area contributed by atoms with Gasteiger partial charge in [-0.2, -0.15) is 0 Å². The van der Waals surface area contributed by atoms with Crippen LogP contribution in [0.4, 0.5) is 0 Å². The predicted octanol–water partition coefficient (Wildman–Crippen LogP) is 3.95. The molecular weight excluding hydrogens is 389 g/mol. The van der Waals surface area contributed by atoms with Crippen LogP contribution in [-0.4, -0.2) is 39.3 Å². The van der Waals surface area contributed by atoms with Gasteiger partial charge >= 0.3 is 0 Å². The Balaban J connectivity index is 0.00000441. The molecule has 0 saturated heterocycles. The average molecular weight is 425 g/mol. The van der Waals surface area contributed by atoms with Gasteiger partial charge < -0.3 is 15.4 Å². The summed E-state index contributed by atoms with van der Waals surface area (Å²) in [6.45, 7) is 8.05. The van der Waals surface area contributed by atoms with E-state index in [4.69, 9.17) is 4.74 Å². The molecular formula is C17H36IN3O. The molecule has 2 N–H and O–H groups in total. The van der Waals surface area contributed by atoms with E-state index in [1.54, 1.807) is 0 Å². The molecule has 1 aliphatic rings. The molecule has 132 valence electrons. The highest BCUT2D eigenvalue weighted by Crippen LogP contribution is 2.40. The van der Waals surface area contributed by atoms with Gasteiger partial charge in [0.05, 0.1) is 0 Å². The number of halogens is 1. The number of nitrogens with one attached hydrogen (secondary N) is 2. The second kappa shape index (κ2) is 13.4. The van der Waals surface area contributed by atoms with E-state index in [9.17, 15) is 0 Å². The van der Waals surface area contributed by atoms with Gasteiger partial charge in [0.1, 0.15) is 0 Å². The second-order valence-electron chi connectivity index (χ2n) is 6.21. The summed E-state index contributed by atoms with van der Waals surface area (Å²) in [5.74, 6) is 0.953. The lowest BCUT2D eigenvalue weighted by molar-refractivity contribution is 0.105. The van der Waals surface area contributed by atoms with Gasteiger partial charge in [-0.25, -0.2) is 0 Å². The Morgan fingerprint density at radius 2 is 1.86 bits per heavy atom. The van der Waals surface area contributed by atoms with E-state index >= 15 is 0 Å². The zero-order chi connectivity index (χ0) is 15.4. The number of hydrogen-bond donors (Lipinski definition) is 2. The number of hydrogen-bond acceptors (Lipinski definition) is 2. The van der Waals surface area contributed by atoms with E-state index in [2.05, 4.69) is 29.5 Å². The van der Waals surface area contributed by atoms with Crippen molar-refractivity contribution in [3.63, 3.8) is 0 Å². The zero-order valence-corrected chi connectivity index (χ0v) is 17.1. The first kappa shape index (κ1) is 22.0. The SMILES string of the molecule is CCCCCNC(=NC)NCC1(CCOCC)CCCC1.I. The fourth-order valence-electron chi connectivity index (χ4n) is 3.15. The Morgan fingerprint density at radius 1 is 1.14 bits per heavy atom. The van der Waals surface area contributed by atoms with Crippen LogP contribution in [0, 0.1) is 5.41 Å². The van der Waals surface area contributed by atoms with E-state index in [-0.39, 0.29) is 24.0 Å². The van der Waals surface area contributed by atoms with Crippen LogP contribution < -0.4 is 10.6 Å². The first-order chi connectivity index (χ1) is 10.3. The molecule has 0 atom stereocenters. The number of ether oxygens (including phenoxy) is 1. The average Bonchev–Trinajstić information content (AvgIpc) is 2.96. The molecule has 4 nitrogen and oxygen atoms in total. The number of unbranched alkanes of at least 4 members (excludes halogenated alkanes) is 2. The number of aliphatic imine (C=N–C) groups is 1. The first-order valence-electron chi connectivity index (χ1n) is 8.78. The van der Waals surface area contributed by atoms with Crippen LogP contribution >= 0.6 is 24.0 Å². The highest BCUT2D eigenvalue weighted by Gasteiger charge is 2.33. The molecule has 1 saturated carbocycles. The van der Waals surface area contributed by atoms with Gasteiger partial charge in [-0.05, 0) is 38.0 Å². The van der Waals surface area contributed by atoms with Crippen molar-refractivity contribution in [1.29, 1.82) is 0 Å². The Morgan fingerprint density at radius 3 is 2.45 bits per heavy atom. The maximum Gasteiger partial charge on any atom is 0.190 e. The molecule has 1 rings (SSSR count). The van der Waals surface area contributed by atoms with Gasteiger partial charge in [0, 0.05) is 33.4 Å². The smallest absolute Gasteiger partial charge is 0.190 e. The van der Waals surface area contributed by atoms with E-state index in [1.165, 1.54) is 51.4 Å². The maximum absolute atomic E-state index is 5.57. The molecule has 0 bridgehead atoms. The van der Waals surface area contributed by atoms with E-state index in [0.29, 0.717) is 5.41 Å². The van der Waals surface area contributed by atoms with Crippen LogP contribution in [-0.2, 0) is 4.74 Å². The second-order valence-corrected chi connectivity index (χ2v) is 6.21. The zero-order valence-electron chi connectivity index (χ0n) is 14.7. The van der Waals surface area contributed by atoms with Crippen molar-refractivity contribution in [3.8, 4) is 0 Å². The monoisotopic (exact) mass is 425 g/mol. The molecule has 0 aromatic heterocycles. The van der Waals surface area contributed by atoms with Gasteiger partial charge in [-0.15, -0.1) is 24.0 Å². The molecule has 0 radical (unpaired) electrons. The Hall–Kier alpha value is -0.0400. The number of nitrogens with zero attached hydrogens (tertiary/aromatic N) is 1. The van der Waals surface area contributed by atoms with Crippen molar-refractivity contribution < 1.29 is 4.74 Å². The fraction of sp³-hybridized carbons (Fsp3) is 0.941. The van der Waals surface area contributed by atoms with Gasteiger partial charge in [-0.1, -0.05) is 32.6 Å². The molecule has 1 aliphatic carbocycles. The third kappa shape index (κ3) is 8.56. The minimum Gasteiger partial charge on any atom is -0.382 e. The summed E-state index contributed by atoms with van der Waals surface area (Å²) in [6, 6.07) is 0. The molecule has 0 unspecified atom stereocenters. The standard InChI is InChI=1S/C17H35N3O.HI/c1-4-6-9-13-19-16(18-3)20-15-17(10-7-8-11-17)12-14-21-5-2;/h4-15H2,1-3H3,(H2,18,19,20);1H. The summed E-state index contributed by atoms with van der Waals surface area (Å²) in [4.78, 5) is 4.34. The van der Waals surface area contributed by atoms with Crippen LogP contribution in [0.15, 0.2) is 4.99 Å². The summed E-state index contributed by atoms with van der Waals surface area (Å²) in [5.41, 5.74) is 0.413. The highest BCUT2D eigenvalue weighted by atomic mass is 127. The van der Waals surface area contributed by atoms with Crippen LogP contribution in [0.5, 0.6) is 0 Å². The summed E-state index contributed by atoms with van der Waals surface area (Å²) in [7, 11) is 1.86. The molecule has 22 heavy (non-hydrogen) atoms. The Bertz CT molecular complexity index is 292. The van der Waals surface area contributed by atoms with Gasteiger partial charge in [0.25, 0.3) is 0 Å². The van der Waals surface area contributed by atoms with Gasteiger partial charge in [0.15, 0.2) is 5.96 Å². The van der Waals surface area contributed by atoms with Crippen molar-refractivity contribution in [2.24, 2.45) is 10.4 Å². The lowest BCUT2D eigenvalue weighted by atomic mass is 9.83. The molecule has 0 heterocycles. The summed E-state index contributed by atoms with van der Waals surface area (Å²) in [5, 5.41) is 6.96. The van der Waals surface area contributed by atoms with Crippen molar-refractivity contribution in [3.05, 3.63) is 0 Å². The highest BCUT2D eigenvalue weighted by molar-refractivity contribution is 14.0. The van der Waals surface area contributed by atoms with Crippen molar-refractivity contribution in [1.82, 2.24) is 10.6 Å². The third-order valence-corrected chi connectivity index (χ3v) is 4.57. The number of rotatable bonds is 10. The van der Waals surface area contributed by atoms with E-state index < -0.39 is 0 Å². The predicted molar refractivity (Wildman–Crippen MR) is 106 cm³/mol. The molecule has 5 heteroatoms. The van der Waals surface area contributed by atoms with E-state index in [1.807, 2.05) is 7.05 Å². The normalized spacial score (nSPS) is 17.1. The summed E-state index contributed by atoms with van der Waals surface area (Å²) < 4.78 is 5.57. The largest absolute Gasteiger partial charge is 0.382 e. The molecule has 0 spiro atoms. The quantitative estimate of drug-likeness (QED) is 0.241. The van der Waals surface area contributed by atoms with Crippen molar-refractivity contribution in [2.75, 3.05) is 33.4 Å². The minimum atomic E-state index is 0. The first-order valence-corrected chi connectivity index (χ1v) is 8.78. The lowest BCUT2D eigenvalue weighted by Gasteiger charge is -2.30. The van der Waals surface area contributed by atoms with Crippen molar-refractivity contribution in [2.45, 2.75) is 65.2 Å². The Labute approximate surface area is 154 Å². The molecule has 1 fully saturated rings. The lowest BCUT2D eigenvalue weighted by Crippen LogP contribution is -2.43.